The van der Waals surface area contributed by atoms with Crippen LogP contribution in [0.2, 0.25) is 0 Å². The highest BCUT2D eigenvalue weighted by Crippen LogP contribution is 2.40. The Bertz CT molecular complexity index is 1160. The molecule has 0 aliphatic carbocycles. The van der Waals surface area contributed by atoms with Gasteiger partial charge in [-0.25, -0.2) is 0 Å². The molecule has 0 aliphatic rings. The molecular weight excluding hydrogens is 413 g/mol. The number of methoxy groups -OCH3 is 1. The van der Waals surface area contributed by atoms with Crippen molar-refractivity contribution in [2.24, 2.45) is 0 Å². The quantitative estimate of drug-likeness (QED) is 0.645. The maximum atomic E-state index is 13.3. The number of nitrogens with zero attached hydrogens (tertiary/aromatic N) is 3. The van der Waals surface area contributed by atoms with E-state index in [4.69, 9.17) is 9.47 Å². The van der Waals surface area contributed by atoms with Gasteiger partial charge in [0, 0.05) is 6.07 Å². The smallest absolute Gasteiger partial charge is 0.418 e. The van der Waals surface area contributed by atoms with Crippen molar-refractivity contribution in [1.82, 2.24) is 14.6 Å². The first-order valence-corrected chi connectivity index (χ1v) is 9.82. The van der Waals surface area contributed by atoms with E-state index in [1.165, 1.54) is 6.07 Å². The number of halogens is 3. The second-order valence-corrected chi connectivity index (χ2v) is 7.53. The summed E-state index contributed by atoms with van der Waals surface area (Å²) in [6, 6.07) is 6.27. The summed E-state index contributed by atoms with van der Waals surface area (Å²) in [5.74, 6) is -0.0391. The molecule has 2 aromatic heterocycles. The van der Waals surface area contributed by atoms with Crippen LogP contribution in [-0.4, -0.2) is 36.7 Å². The largest absolute Gasteiger partial charge is 0.495 e. The predicted molar refractivity (Wildman–Crippen MR) is 97.7 cm³/mol. The van der Waals surface area contributed by atoms with Gasteiger partial charge in [-0.05, 0) is 37.6 Å². The van der Waals surface area contributed by atoms with Crippen molar-refractivity contribution in [3.63, 3.8) is 0 Å². The van der Waals surface area contributed by atoms with Crippen LogP contribution in [0.25, 0.3) is 5.65 Å². The number of pyridine rings is 1. The third-order valence-corrected chi connectivity index (χ3v) is 4.98. The summed E-state index contributed by atoms with van der Waals surface area (Å²) in [6.07, 6.45) is -4.81. The van der Waals surface area contributed by atoms with Gasteiger partial charge in [-0.15, -0.1) is 5.10 Å². The lowest BCUT2D eigenvalue weighted by molar-refractivity contribution is -0.137. The molecule has 3 rings (SSSR count). The van der Waals surface area contributed by atoms with Crippen LogP contribution >= 0.6 is 0 Å². The van der Waals surface area contributed by atoms with Crippen LogP contribution in [0.4, 0.5) is 18.9 Å². The fraction of sp³-hybridized carbons (Fsp3) is 0.294. The maximum absolute atomic E-state index is 13.3. The van der Waals surface area contributed by atoms with Crippen molar-refractivity contribution in [1.29, 1.82) is 0 Å². The van der Waals surface area contributed by atoms with Crippen LogP contribution in [0.15, 0.2) is 35.5 Å². The monoisotopic (exact) mass is 430 g/mol. The van der Waals surface area contributed by atoms with E-state index in [0.717, 1.165) is 29.3 Å². The van der Waals surface area contributed by atoms with Crippen molar-refractivity contribution in [2.45, 2.75) is 25.2 Å². The average Bonchev–Trinajstić information content (AvgIpc) is 3.06. The van der Waals surface area contributed by atoms with Crippen LogP contribution in [-0.2, 0) is 16.2 Å². The van der Waals surface area contributed by atoms with E-state index in [0.29, 0.717) is 6.61 Å². The molecule has 1 aromatic carbocycles. The van der Waals surface area contributed by atoms with Gasteiger partial charge in [0.05, 0.1) is 19.3 Å². The van der Waals surface area contributed by atoms with E-state index in [1.807, 2.05) is 4.72 Å². The molecule has 0 radical (unpaired) electrons. The van der Waals surface area contributed by atoms with E-state index < -0.39 is 32.6 Å². The Kier molecular flexibility index (Phi) is 5.30. The number of nitrogens with one attached hydrogen (secondary N) is 1. The molecule has 0 atom stereocenters. The lowest BCUT2D eigenvalue weighted by Crippen LogP contribution is -2.19. The van der Waals surface area contributed by atoms with Gasteiger partial charge in [0.2, 0.25) is 5.88 Å². The minimum absolute atomic E-state index is 0.171. The van der Waals surface area contributed by atoms with Crippen molar-refractivity contribution in [2.75, 3.05) is 18.4 Å². The van der Waals surface area contributed by atoms with Gasteiger partial charge in [0.15, 0.2) is 5.65 Å². The Morgan fingerprint density at radius 1 is 1.24 bits per heavy atom. The molecule has 0 unspecified atom stereocenters. The van der Waals surface area contributed by atoms with Crippen LogP contribution in [0.5, 0.6) is 11.6 Å². The summed E-state index contributed by atoms with van der Waals surface area (Å²) in [5, 5.41) is 3.19. The molecule has 0 fully saturated rings. The molecule has 0 aliphatic heterocycles. The normalized spacial score (nSPS) is 12.2. The molecule has 8 nitrogen and oxygen atoms in total. The Hall–Kier alpha value is -3.02. The standard InChI is InChI=1S/C17H17F3N4O4S/c1-4-28-14-9-10(2)8-13-21-16(22-24(13)14)29(25,26)23-15-11(17(18,19)20)6-5-7-12(15)27-3/h5-9,23H,4H2,1-3H3. The zero-order valence-corrected chi connectivity index (χ0v) is 16.4. The fourth-order valence-electron chi connectivity index (χ4n) is 2.65. The lowest BCUT2D eigenvalue weighted by Gasteiger charge is -2.16. The maximum Gasteiger partial charge on any atom is 0.418 e. The molecule has 2 heterocycles. The second kappa shape index (κ2) is 7.43. The molecule has 3 aromatic rings. The van der Waals surface area contributed by atoms with Gasteiger partial charge in [0.25, 0.3) is 15.2 Å². The van der Waals surface area contributed by atoms with E-state index >= 15 is 0 Å². The van der Waals surface area contributed by atoms with Gasteiger partial charge in [-0.2, -0.15) is 31.1 Å². The van der Waals surface area contributed by atoms with E-state index in [2.05, 4.69) is 10.1 Å². The summed E-state index contributed by atoms with van der Waals surface area (Å²) in [5.41, 5.74) is -1.03. The number of hydrogen-bond acceptors (Lipinski definition) is 6. The lowest BCUT2D eigenvalue weighted by atomic mass is 10.1. The van der Waals surface area contributed by atoms with Crippen molar-refractivity contribution in [3.8, 4) is 11.6 Å². The van der Waals surface area contributed by atoms with E-state index in [9.17, 15) is 21.6 Å². The Balaban J connectivity index is 2.11. The van der Waals surface area contributed by atoms with Gasteiger partial charge >= 0.3 is 6.18 Å². The number of aromatic nitrogens is 3. The zero-order chi connectivity index (χ0) is 21.4. The topological polar surface area (TPSA) is 94.8 Å². The van der Waals surface area contributed by atoms with Gasteiger partial charge in [0.1, 0.15) is 11.4 Å². The predicted octanol–water partition coefficient (Wildman–Crippen LogP) is 3.26. The number of alkyl halides is 3. The zero-order valence-electron chi connectivity index (χ0n) is 15.6. The number of benzene rings is 1. The number of hydrogen-bond donors (Lipinski definition) is 1. The van der Waals surface area contributed by atoms with Gasteiger partial charge in [-0.3, -0.25) is 4.72 Å². The number of anilines is 1. The molecule has 156 valence electrons. The SMILES string of the molecule is CCOc1cc(C)cc2nc(S(=O)(=O)Nc3c(OC)cccc3C(F)(F)F)nn12. The first kappa shape index (κ1) is 20.7. The fourth-order valence-corrected chi connectivity index (χ4v) is 3.62. The van der Waals surface area contributed by atoms with Crippen molar-refractivity contribution >= 4 is 21.4 Å². The van der Waals surface area contributed by atoms with Gasteiger partial charge < -0.3 is 9.47 Å². The summed E-state index contributed by atoms with van der Waals surface area (Å²) >= 11 is 0. The summed E-state index contributed by atoms with van der Waals surface area (Å²) in [6.45, 7) is 3.80. The second-order valence-electron chi connectivity index (χ2n) is 5.95. The first-order valence-electron chi connectivity index (χ1n) is 8.34. The third kappa shape index (κ3) is 4.06. The molecule has 1 N–H and O–H groups in total. The first-order chi connectivity index (χ1) is 13.6. The minimum Gasteiger partial charge on any atom is -0.495 e. The van der Waals surface area contributed by atoms with E-state index in [1.54, 1.807) is 26.0 Å². The minimum atomic E-state index is -4.81. The molecule has 0 spiro atoms. The molecule has 29 heavy (non-hydrogen) atoms. The number of fused-ring (bicyclic) bond motifs is 1. The van der Waals surface area contributed by atoms with Gasteiger partial charge in [-0.1, -0.05) is 6.07 Å². The Labute approximate surface area is 164 Å². The molecule has 0 bridgehead atoms. The van der Waals surface area contributed by atoms with Crippen molar-refractivity contribution in [3.05, 3.63) is 41.5 Å². The summed E-state index contributed by atoms with van der Waals surface area (Å²) < 4.78 is 79.0. The van der Waals surface area contributed by atoms with Crippen LogP contribution < -0.4 is 14.2 Å². The molecule has 0 saturated heterocycles. The molecular formula is C17H17F3N4O4S. The van der Waals surface area contributed by atoms with Crippen LogP contribution in [0.3, 0.4) is 0 Å². The Morgan fingerprint density at radius 3 is 2.59 bits per heavy atom. The van der Waals surface area contributed by atoms with E-state index in [-0.39, 0.29) is 17.3 Å². The Morgan fingerprint density at radius 2 is 1.97 bits per heavy atom. The molecule has 12 heteroatoms. The average molecular weight is 430 g/mol. The van der Waals surface area contributed by atoms with Crippen molar-refractivity contribution < 1.29 is 31.1 Å². The number of ether oxygens (including phenoxy) is 2. The third-order valence-electron chi connectivity index (χ3n) is 3.85. The number of para-hydroxylation sites is 1. The number of rotatable bonds is 6. The summed E-state index contributed by atoms with van der Waals surface area (Å²) in [4.78, 5) is 3.93. The highest BCUT2D eigenvalue weighted by atomic mass is 32.2. The van der Waals surface area contributed by atoms with Crippen LogP contribution in [0.1, 0.15) is 18.1 Å². The number of sulfonamides is 1. The highest BCUT2D eigenvalue weighted by molar-refractivity contribution is 7.92. The van der Waals surface area contributed by atoms with Crippen LogP contribution in [0, 0.1) is 6.92 Å². The number of aryl methyl sites for hydroxylation is 1. The highest BCUT2D eigenvalue weighted by Gasteiger charge is 2.37. The molecule has 0 amide bonds. The molecule has 0 saturated carbocycles. The summed E-state index contributed by atoms with van der Waals surface area (Å²) in [7, 11) is -3.43.